The molecule has 7 heteroatoms. The number of anilines is 1. The third-order valence-electron chi connectivity index (χ3n) is 5.49. The van der Waals surface area contributed by atoms with Crippen molar-refractivity contribution in [3.05, 3.63) is 88.3 Å². The molecular weight excluding hydrogens is 385 g/mol. The number of allylic oxidation sites excluding steroid dienone is 1. The van der Waals surface area contributed by atoms with Crippen LogP contribution in [0, 0.1) is 17.1 Å². The molecule has 0 bridgehead atoms. The van der Waals surface area contributed by atoms with Gasteiger partial charge in [0.2, 0.25) is 11.8 Å². The van der Waals surface area contributed by atoms with Crippen LogP contribution in [-0.2, 0) is 26.3 Å². The molecule has 1 spiro atoms. The molecule has 1 atom stereocenters. The van der Waals surface area contributed by atoms with Gasteiger partial charge in [0.15, 0.2) is 5.78 Å². The Morgan fingerprint density at radius 3 is 2.53 bits per heavy atom. The maximum atomic E-state index is 14.0. The number of carbonyl (C=O) groups is 2. The van der Waals surface area contributed by atoms with Crippen LogP contribution in [0.2, 0.25) is 0 Å². The lowest BCUT2D eigenvalue weighted by molar-refractivity contribution is -0.123. The summed E-state index contributed by atoms with van der Waals surface area (Å²) in [5.41, 5.74) is 6.05. The number of fused-ring (bicyclic) bond motifs is 2. The number of rotatable bonds is 3. The van der Waals surface area contributed by atoms with Crippen LogP contribution in [0.15, 0.2) is 71.3 Å². The van der Waals surface area contributed by atoms with E-state index in [2.05, 4.69) is 0 Å². The zero-order valence-electron chi connectivity index (χ0n) is 16.4. The molecule has 0 saturated heterocycles. The Labute approximate surface area is 172 Å². The van der Waals surface area contributed by atoms with Gasteiger partial charge < -0.3 is 15.4 Å². The molecule has 0 aromatic heterocycles. The number of amides is 1. The molecule has 4 rings (SSSR count). The summed E-state index contributed by atoms with van der Waals surface area (Å²) >= 11 is 0. The first-order chi connectivity index (χ1) is 14.3. The quantitative estimate of drug-likeness (QED) is 0.849. The van der Waals surface area contributed by atoms with Crippen molar-refractivity contribution in [2.45, 2.75) is 25.8 Å². The van der Waals surface area contributed by atoms with Gasteiger partial charge in [-0.3, -0.25) is 9.59 Å². The summed E-state index contributed by atoms with van der Waals surface area (Å²) in [6, 6.07) is 14.8. The molecule has 2 aromatic rings. The van der Waals surface area contributed by atoms with Crippen LogP contribution in [0.4, 0.5) is 10.1 Å². The Bertz CT molecular complexity index is 1190. The molecule has 1 amide bonds. The van der Waals surface area contributed by atoms with E-state index in [0.29, 0.717) is 16.8 Å². The van der Waals surface area contributed by atoms with Gasteiger partial charge in [-0.15, -0.1) is 0 Å². The Morgan fingerprint density at radius 1 is 1.23 bits per heavy atom. The lowest BCUT2D eigenvalue weighted by Gasteiger charge is -2.34. The van der Waals surface area contributed by atoms with Crippen LogP contribution >= 0.6 is 0 Å². The number of Topliss-reactive ketones (excluding diaryl/α,β-unsaturated/α-hetero) is 1. The molecule has 0 saturated carbocycles. The molecule has 2 aliphatic heterocycles. The van der Waals surface area contributed by atoms with Crippen molar-refractivity contribution in [2.24, 2.45) is 5.73 Å². The third kappa shape index (κ3) is 2.54. The van der Waals surface area contributed by atoms with E-state index in [1.807, 2.05) is 6.07 Å². The highest BCUT2D eigenvalue weighted by molar-refractivity contribution is 6.19. The fourth-order valence-corrected chi connectivity index (χ4v) is 4.36. The van der Waals surface area contributed by atoms with Gasteiger partial charge in [0.1, 0.15) is 28.6 Å². The fourth-order valence-electron chi connectivity index (χ4n) is 4.36. The Kier molecular flexibility index (Phi) is 4.43. The zero-order chi connectivity index (χ0) is 21.6. The molecule has 2 aliphatic rings. The predicted molar refractivity (Wildman–Crippen MR) is 107 cm³/mol. The van der Waals surface area contributed by atoms with E-state index in [4.69, 9.17) is 10.5 Å². The number of ketones is 1. The monoisotopic (exact) mass is 403 g/mol. The number of nitriles is 1. The molecular formula is C23H18FN3O3. The molecule has 0 aliphatic carbocycles. The highest BCUT2D eigenvalue weighted by Gasteiger charge is 2.60. The first-order valence-corrected chi connectivity index (χ1v) is 9.28. The van der Waals surface area contributed by atoms with E-state index in [1.54, 1.807) is 43.3 Å². The third-order valence-corrected chi connectivity index (χ3v) is 5.49. The average molecular weight is 403 g/mol. The van der Waals surface area contributed by atoms with Crippen molar-refractivity contribution in [3.8, 4) is 6.07 Å². The standard InChI is InChI=1S/C23H18FN3O3/c1-13(28)20-14(2)30-21(26)18(11-25)23(20)17-5-3-4-6-19(17)27(22(23)29)12-15-7-9-16(24)10-8-15/h3-10H,12,26H2,1-2H3/t23-/m1/s1. The Hall–Kier alpha value is -3.92. The smallest absolute Gasteiger partial charge is 0.248 e. The Morgan fingerprint density at radius 2 is 1.90 bits per heavy atom. The van der Waals surface area contributed by atoms with E-state index in [0.717, 1.165) is 0 Å². The van der Waals surface area contributed by atoms with Crippen molar-refractivity contribution in [1.82, 2.24) is 0 Å². The van der Waals surface area contributed by atoms with E-state index < -0.39 is 11.3 Å². The van der Waals surface area contributed by atoms with Crippen LogP contribution in [-0.4, -0.2) is 11.7 Å². The minimum atomic E-state index is -1.68. The number of nitrogens with zero attached hydrogens (tertiary/aromatic N) is 2. The van der Waals surface area contributed by atoms with Gasteiger partial charge in [0.25, 0.3) is 0 Å². The second-order valence-electron chi connectivity index (χ2n) is 7.23. The van der Waals surface area contributed by atoms with E-state index in [9.17, 15) is 19.2 Å². The van der Waals surface area contributed by atoms with Crippen LogP contribution in [0.3, 0.4) is 0 Å². The molecule has 6 nitrogen and oxygen atoms in total. The molecule has 2 N–H and O–H groups in total. The highest BCUT2D eigenvalue weighted by atomic mass is 19.1. The second-order valence-corrected chi connectivity index (χ2v) is 7.23. The summed E-state index contributed by atoms with van der Waals surface area (Å²) in [6.07, 6.45) is 0. The second kappa shape index (κ2) is 6.85. The van der Waals surface area contributed by atoms with Gasteiger partial charge >= 0.3 is 0 Å². The summed E-state index contributed by atoms with van der Waals surface area (Å²) in [7, 11) is 0. The number of hydrogen-bond acceptors (Lipinski definition) is 5. The normalized spacial score (nSPS) is 20.3. The average Bonchev–Trinajstić information content (AvgIpc) is 2.93. The first kappa shape index (κ1) is 19.4. The number of ether oxygens (including phenoxy) is 1. The SMILES string of the molecule is CC(=O)C1=C(C)OC(N)=C(C#N)[C@@]12C(=O)N(Cc1ccc(F)cc1)c1ccccc12. The molecule has 0 unspecified atom stereocenters. The molecule has 2 aromatic carbocycles. The minimum absolute atomic E-state index is 0.0901. The van der Waals surface area contributed by atoms with E-state index in [-0.39, 0.29) is 40.9 Å². The van der Waals surface area contributed by atoms with Gasteiger partial charge in [-0.25, -0.2) is 4.39 Å². The van der Waals surface area contributed by atoms with Crippen LogP contribution < -0.4 is 10.6 Å². The summed E-state index contributed by atoms with van der Waals surface area (Å²) in [5, 5.41) is 9.91. The summed E-state index contributed by atoms with van der Waals surface area (Å²) in [5.74, 6) is -1.26. The summed E-state index contributed by atoms with van der Waals surface area (Å²) in [6.45, 7) is 3.03. The predicted octanol–water partition coefficient (Wildman–Crippen LogP) is 3.20. The lowest BCUT2D eigenvalue weighted by atomic mass is 9.67. The van der Waals surface area contributed by atoms with E-state index in [1.165, 1.54) is 24.0 Å². The van der Waals surface area contributed by atoms with E-state index >= 15 is 0 Å². The van der Waals surface area contributed by atoms with Crippen molar-refractivity contribution >= 4 is 17.4 Å². The zero-order valence-corrected chi connectivity index (χ0v) is 16.4. The summed E-state index contributed by atoms with van der Waals surface area (Å²) in [4.78, 5) is 28.1. The number of hydrogen-bond donors (Lipinski definition) is 1. The van der Waals surface area contributed by atoms with Gasteiger partial charge in [-0.05, 0) is 37.6 Å². The van der Waals surface area contributed by atoms with Gasteiger partial charge in [0, 0.05) is 11.3 Å². The lowest BCUT2D eigenvalue weighted by Crippen LogP contribution is -2.47. The first-order valence-electron chi connectivity index (χ1n) is 9.28. The largest absolute Gasteiger partial charge is 0.445 e. The van der Waals surface area contributed by atoms with Crippen LogP contribution in [0.25, 0.3) is 0 Å². The van der Waals surface area contributed by atoms with Crippen molar-refractivity contribution in [1.29, 1.82) is 5.26 Å². The molecule has 0 radical (unpaired) electrons. The molecule has 0 fully saturated rings. The van der Waals surface area contributed by atoms with Crippen LogP contribution in [0.1, 0.15) is 25.0 Å². The summed E-state index contributed by atoms with van der Waals surface area (Å²) < 4.78 is 18.8. The number of carbonyl (C=O) groups excluding carboxylic acids is 2. The van der Waals surface area contributed by atoms with Gasteiger partial charge in [-0.2, -0.15) is 5.26 Å². The number of benzene rings is 2. The van der Waals surface area contributed by atoms with Crippen molar-refractivity contribution in [3.63, 3.8) is 0 Å². The number of nitrogens with two attached hydrogens (primary N) is 1. The molecule has 30 heavy (non-hydrogen) atoms. The van der Waals surface area contributed by atoms with Crippen molar-refractivity contribution in [2.75, 3.05) is 4.90 Å². The van der Waals surface area contributed by atoms with Crippen LogP contribution in [0.5, 0.6) is 0 Å². The molecule has 2 heterocycles. The van der Waals surface area contributed by atoms with Crippen molar-refractivity contribution < 1.29 is 18.7 Å². The number of halogens is 1. The highest BCUT2D eigenvalue weighted by Crippen LogP contribution is 2.54. The van der Waals surface area contributed by atoms with Gasteiger partial charge in [0.05, 0.1) is 12.1 Å². The molecule has 150 valence electrons. The number of para-hydroxylation sites is 1. The fraction of sp³-hybridized carbons (Fsp3) is 0.174. The Balaban J connectivity index is 1.98. The maximum Gasteiger partial charge on any atom is 0.248 e. The van der Waals surface area contributed by atoms with Gasteiger partial charge in [-0.1, -0.05) is 30.3 Å². The minimum Gasteiger partial charge on any atom is -0.445 e. The maximum absolute atomic E-state index is 14.0. The topological polar surface area (TPSA) is 96.4 Å².